The fourth-order valence-electron chi connectivity index (χ4n) is 1.74. The Kier molecular flexibility index (Phi) is 3.76. The number of pyridine rings is 2. The molecule has 0 saturated carbocycles. The number of hydrogen-bond acceptors (Lipinski definition) is 4. The molecule has 0 spiro atoms. The topological polar surface area (TPSA) is 55.2 Å². The summed E-state index contributed by atoms with van der Waals surface area (Å²) >= 11 is 0. The van der Waals surface area contributed by atoms with E-state index in [1.807, 2.05) is 6.92 Å². The van der Waals surface area contributed by atoms with Crippen molar-refractivity contribution in [1.82, 2.24) is 9.97 Å². The Morgan fingerprint density at radius 3 is 2.74 bits per heavy atom. The average Bonchev–Trinajstić information content (AvgIpc) is 2.40. The molecule has 19 heavy (non-hydrogen) atoms. The normalized spacial score (nSPS) is 13.9. The monoisotopic (exact) mass is 262 g/mol. The van der Waals surface area contributed by atoms with Crippen molar-refractivity contribution < 1.29 is 14.2 Å². The zero-order valence-corrected chi connectivity index (χ0v) is 10.8. The Morgan fingerprint density at radius 2 is 2.11 bits per heavy atom. The summed E-state index contributed by atoms with van der Waals surface area (Å²) in [5.41, 5.74) is -0.463. The van der Waals surface area contributed by atoms with Crippen LogP contribution in [0.3, 0.4) is 0 Å². The number of nitrogens with zero attached hydrogens (tertiary/aromatic N) is 2. The molecule has 0 aliphatic heterocycles. The first-order valence-corrected chi connectivity index (χ1v) is 5.96. The minimum atomic E-state index is -1.35. The maximum Gasteiger partial charge on any atom is 0.141 e. The fraction of sp³-hybridized carbons (Fsp3) is 0.286. The van der Waals surface area contributed by atoms with Crippen molar-refractivity contribution in [3.05, 3.63) is 53.9 Å². The highest BCUT2D eigenvalue weighted by Gasteiger charge is 2.28. The predicted octanol–water partition coefficient (Wildman–Crippen LogP) is 2.27. The number of halogens is 1. The highest BCUT2D eigenvalue weighted by atomic mass is 19.1. The molecular formula is C14H15FN2O2. The first-order chi connectivity index (χ1) is 9.04. The average molecular weight is 262 g/mol. The van der Waals surface area contributed by atoms with E-state index in [0.29, 0.717) is 23.6 Å². The van der Waals surface area contributed by atoms with E-state index in [-0.39, 0.29) is 0 Å². The molecule has 5 heteroatoms. The Balaban J connectivity index is 2.37. The van der Waals surface area contributed by atoms with Crippen molar-refractivity contribution in [1.29, 1.82) is 0 Å². The molecule has 2 aromatic rings. The molecule has 0 radical (unpaired) electrons. The van der Waals surface area contributed by atoms with E-state index < -0.39 is 11.4 Å². The third-order valence-electron chi connectivity index (χ3n) is 2.81. The molecule has 1 atom stereocenters. The lowest BCUT2D eigenvalue weighted by Crippen LogP contribution is -2.24. The summed E-state index contributed by atoms with van der Waals surface area (Å²) in [6.07, 6.45) is 4.18. The van der Waals surface area contributed by atoms with Gasteiger partial charge in [-0.25, -0.2) is 4.39 Å². The number of hydrogen-bond donors (Lipinski definition) is 1. The van der Waals surface area contributed by atoms with Crippen LogP contribution in [0.25, 0.3) is 0 Å². The van der Waals surface area contributed by atoms with Gasteiger partial charge in [-0.05, 0) is 32.0 Å². The van der Waals surface area contributed by atoms with Gasteiger partial charge in [0, 0.05) is 11.8 Å². The second-order valence-electron chi connectivity index (χ2n) is 4.28. The van der Waals surface area contributed by atoms with Gasteiger partial charge in [-0.1, -0.05) is 0 Å². The zero-order valence-electron chi connectivity index (χ0n) is 10.8. The van der Waals surface area contributed by atoms with E-state index in [1.54, 1.807) is 19.2 Å². The third-order valence-corrected chi connectivity index (χ3v) is 2.81. The van der Waals surface area contributed by atoms with E-state index in [4.69, 9.17) is 4.74 Å². The van der Waals surface area contributed by atoms with Crippen LogP contribution in [0.2, 0.25) is 0 Å². The van der Waals surface area contributed by atoms with Crippen LogP contribution in [-0.2, 0) is 5.60 Å². The molecule has 0 fully saturated rings. The van der Waals surface area contributed by atoms with Crippen LogP contribution >= 0.6 is 0 Å². The van der Waals surface area contributed by atoms with Gasteiger partial charge in [0.05, 0.1) is 24.7 Å². The van der Waals surface area contributed by atoms with Crippen molar-refractivity contribution in [2.24, 2.45) is 0 Å². The Labute approximate surface area is 110 Å². The van der Waals surface area contributed by atoms with Crippen molar-refractivity contribution in [2.75, 3.05) is 6.61 Å². The van der Waals surface area contributed by atoms with Gasteiger partial charge in [0.2, 0.25) is 0 Å². The first-order valence-electron chi connectivity index (χ1n) is 5.96. The smallest absolute Gasteiger partial charge is 0.141 e. The molecule has 1 N–H and O–H groups in total. The van der Waals surface area contributed by atoms with Crippen LogP contribution in [0.4, 0.5) is 4.39 Å². The highest BCUT2D eigenvalue weighted by Crippen LogP contribution is 2.29. The summed E-state index contributed by atoms with van der Waals surface area (Å²) in [6, 6.07) is 4.40. The fourth-order valence-corrected chi connectivity index (χ4v) is 1.74. The van der Waals surface area contributed by atoms with Crippen molar-refractivity contribution >= 4 is 0 Å². The van der Waals surface area contributed by atoms with Crippen LogP contribution in [0.1, 0.15) is 25.1 Å². The van der Waals surface area contributed by atoms with Gasteiger partial charge in [-0.2, -0.15) is 0 Å². The molecule has 0 amide bonds. The number of rotatable bonds is 4. The minimum absolute atomic E-state index is 0.351. The van der Waals surface area contributed by atoms with Crippen LogP contribution in [0.5, 0.6) is 5.75 Å². The SMILES string of the molecule is CCOc1cncc(C(C)(O)c2ccc(F)cn2)c1. The van der Waals surface area contributed by atoms with Gasteiger partial charge in [0.15, 0.2) is 0 Å². The zero-order chi connectivity index (χ0) is 13.9. The summed E-state index contributed by atoms with van der Waals surface area (Å²) in [4.78, 5) is 7.93. The summed E-state index contributed by atoms with van der Waals surface area (Å²) in [5.74, 6) is 0.128. The Bertz CT molecular complexity index is 556. The minimum Gasteiger partial charge on any atom is -0.492 e. The van der Waals surface area contributed by atoms with E-state index in [0.717, 1.165) is 6.20 Å². The highest BCUT2D eigenvalue weighted by molar-refractivity contribution is 5.34. The van der Waals surface area contributed by atoms with Gasteiger partial charge in [0.1, 0.15) is 17.2 Å². The molecular weight excluding hydrogens is 247 g/mol. The van der Waals surface area contributed by atoms with Gasteiger partial charge < -0.3 is 9.84 Å². The molecule has 2 aromatic heterocycles. The van der Waals surface area contributed by atoms with E-state index in [2.05, 4.69) is 9.97 Å². The van der Waals surface area contributed by atoms with E-state index in [9.17, 15) is 9.50 Å². The third kappa shape index (κ3) is 2.88. The lowest BCUT2D eigenvalue weighted by molar-refractivity contribution is 0.0964. The lowest BCUT2D eigenvalue weighted by Gasteiger charge is -2.23. The largest absolute Gasteiger partial charge is 0.492 e. The van der Waals surface area contributed by atoms with Crippen molar-refractivity contribution in [3.63, 3.8) is 0 Å². The Morgan fingerprint density at radius 1 is 1.32 bits per heavy atom. The summed E-state index contributed by atoms with van der Waals surface area (Å²) < 4.78 is 18.2. The second-order valence-corrected chi connectivity index (χ2v) is 4.28. The van der Waals surface area contributed by atoms with Crippen molar-refractivity contribution in [3.8, 4) is 5.75 Å². The first kappa shape index (κ1) is 13.4. The molecule has 100 valence electrons. The van der Waals surface area contributed by atoms with E-state index in [1.165, 1.54) is 18.3 Å². The number of ether oxygens (including phenoxy) is 1. The molecule has 0 aliphatic carbocycles. The molecule has 0 aliphatic rings. The quantitative estimate of drug-likeness (QED) is 0.918. The molecule has 0 aromatic carbocycles. The second kappa shape index (κ2) is 5.32. The van der Waals surface area contributed by atoms with Gasteiger partial charge >= 0.3 is 0 Å². The number of aliphatic hydroxyl groups is 1. The maximum atomic E-state index is 12.9. The maximum absolute atomic E-state index is 12.9. The van der Waals surface area contributed by atoms with Crippen molar-refractivity contribution in [2.45, 2.75) is 19.4 Å². The van der Waals surface area contributed by atoms with Crippen LogP contribution in [0.15, 0.2) is 36.8 Å². The van der Waals surface area contributed by atoms with Gasteiger partial charge in [0.25, 0.3) is 0 Å². The Hall–Kier alpha value is -2.01. The number of aromatic nitrogens is 2. The molecule has 1 unspecified atom stereocenters. The summed E-state index contributed by atoms with van der Waals surface area (Å²) in [7, 11) is 0. The molecule has 4 nitrogen and oxygen atoms in total. The molecule has 0 saturated heterocycles. The van der Waals surface area contributed by atoms with Crippen LogP contribution < -0.4 is 4.74 Å². The molecule has 0 bridgehead atoms. The standard InChI is InChI=1S/C14H15FN2O2/c1-3-19-12-6-10(7-16-9-12)14(2,18)13-5-4-11(15)8-17-13/h4-9,18H,3H2,1-2H3. The predicted molar refractivity (Wildman–Crippen MR) is 68.3 cm³/mol. The van der Waals surface area contributed by atoms with Crippen LogP contribution in [-0.4, -0.2) is 21.7 Å². The van der Waals surface area contributed by atoms with E-state index >= 15 is 0 Å². The van der Waals surface area contributed by atoms with Gasteiger partial charge in [-0.3, -0.25) is 9.97 Å². The lowest BCUT2D eigenvalue weighted by atomic mass is 9.93. The van der Waals surface area contributed by atoms with Crippen LogP contribution in [0, 0.1) is 5.82 Å². The van der Waals surface area contributed by atoms with Gasteiger partial charge in [-0.15, -0.1) is 0 Å². The molecule has 2 heterocycles. The summed E-state index contributed by atoms with van der Waals surface area (Å²) in [5, 5.41) is 10.6. The molecule has 2 rings (SSSR count). The summed E-state index contributed by atoms with van der Waals surface area (Å²) in [6.45, 7) is 3.97.